The van der Waals surface area contributed by atoms with Gasteiger partial charge in [0.2, 0.25) is 5.91 Å². The Morgan fingerprint density at radius 3 is 2.39 bits per heavy atom. The highest BCUT2D eigenvalue weighted by Crippen LogP contribution is 2.32. The first kappa shape index (κ1) is 27.3. The zero-order valence-corrected chi connectivity index (χ0v) is 23.3. The Bertz CT molecular complexity index is 1580. The Morgan fingerprint density at radius 1 is 0.974 bits per heavy atom. The van der Waals surface area contributed by atoms with Crippen LogP contribution in [-0.4, -0.2) is 39.3 Å². The number of thioether (sulfide) groups is 1. The summed E-state index contributed by atoms with van der Waals surface area (Å²) in [7, 11) is -0.887. The SMILES string of the molecule is COc1ccc(C(C)(C)C)cc1NC(=O)CSc1nc2cc(S(=O)(=O)Nc3ccccc3OC)ccc2o1. The molecule has 0 fully saturated rings. The van der Waals surface area contributed by atoms with E-state index in [1.54, 1.807) is 31.4 Å². The van der Waals surface area contributed by atoms with E-state index in [2.05, 4.69) is 35.8 Å². The van der Waals surface area contributed by atoms with Gasteiger partial charge in [-0.2, -0.15) is 0 Å². The van der Waals surface area contributed by atoms with Crippen LogP contribution in [0.15, 0.2) is 75.2 Å². The van der Waals surface area contributed by atoms with Crippen LogP contribution < -0.4 is 19.5 Å². The highest BCUT2D eigenvalue weighted by atomic mass is 32.2. The van der Waals surface area contributed by atoms with Crippen molar-refractivity contribution >= 4 is 50.2 Å². The number of aromatic nitrogens is 1. The molecule has 0 unspecified atom stereocenters. The number of nitrogens with zero attached hydrogens (tertiary/aromatic N) is 1. The van der Waals surface area contributed by atoms with Crippen molar-refractivity contribution in [2.24, 2.45) is 0 Å². The second kappa shape index (κ2) is 11.0. The Labute approximate surface area is 226 Å². The summed E-state index contributed by atoms with van der Waals surface area (Å²) in [5.41, 5.74) is 2.64. The number of anilines is 2. The number of hydrogen-bond donors (Lipinski definition) is 2. The van der Waals surface area contributed by atoms with E-state index in [0.717, 1.165) is 17.3 Å². The number of fused-ring (bicyclic) bond motifs is 1. The van der Waals surface area contributed by atoms with Gasteiger partial charge in [-0.05, 0) is 53.4 Å². The molecule has 3 aromatic carbocycles. The fourth-order valence-corrected chi connectivity index (χ4v) is 5.36. The summed E-state index contributed by atoms with van der Waals surface area (Å²) in [6.45, 7) is 6.28. The van der Waals surface area contributed by atoms with Gasteiger partial charge in [-0.3, -0.25) is 9.52 Å². The molecule has 0 aliphatic rings. The van der Waals surface area contributed by atoms with Gasteiger partial charge in [0.25, 0.3) is 15.2 Å². The first-order valence-electron chi connectivity index (χ1n) is 11.7. The molecule has 0 bridgehead atoms. The van der Waals surface area contributed by atoms with Crippen molar-refractivity contribution in [1.82, 2.24) is 4.98 Å². The number of amides is 1. The summed E-state index contributed by atoms with van der Waals surface area (Å²) in [6, 6.07) is 16.8. The smallest absolute Gasteiger partial charge is 0.262 e. The lowest BCUT2D eigenvalue weighted by Crippen LogP contribution is -2.17. The highest BCUT2D eigenvalue weighted by molar-refractivity contribution is 7.99. The molecule has 1 amide bonds. The van der Waals surface area contributed by atoms with Crippen molar-refractivity contribution in [2.45, 2.75) is 36.3 Å². The molecular formula is C27H29N3O6S2. The molecule has 0 spiro atoms. The molecule has 0 radical (unpaired) electrons. The Hall–Kier alpha value is -3.70. The standard InChI is InChI=1S/C27H29N3O6S2/c1-27(2,3)17-10-12-23(35-5)20(14-17)28-25(31)16-37-26-29-21-15-18(11-13-24(21)36-26)38(32,33)30-19-8-6-7-9-22(19)34-4/h6-15,30H,16H2,1-5H3,(H,28,31). The molecule has 0 saturated heterocycles. The van der Waals surface area contributed by atoms with Crippen LogP contribution in [0, 0.1) is 0 Å². The number of sulfonamides is 1. The normalized spacial score (nSPS) is 11.8. The van der Waals surface area contributed by atoms with Crippen LogP contribution in [0.25, 0.3) is 11.1 Å². The molecule has 4 aromatic rings. The number of methoxy groups -OCH3 is 2. The van der Waals surface area contributed by atoms with Crippen LogP contribution in [-0.2, 0) is 20.2 Å². The molecule has 9 nitrogen and oxygen atoms in total. The lowest BCUT2D eigenvalue weighted by atomic mass is 9.87. The maximum Gasteiger partial charge on any atom is 0.262 e. The minimum atomic E-state index is -3.90. The molecule has 0 saturated carbocycles. The third kappa shape index (κ3) is 6.22. The molecule has 38 heavy (non-hydrogen) atoms. The third-order valence-corrected chi connectivity index (χ3v) is 7.86. The Kier molecular flexibility index (Phi) is 7.89. The van der Waals surface area contributed by atoms with Gasteiger partial charge in [0.15, 0.2) is 5.58 Å². The van der Waals surface area contributed by atoms with Crippen molar-refractivity contribution in [3.05, 3.63) is 66.2 Å². The van der Waals surface area contributed by atoms with E-state index in [-0.39, 0.29) is 27.2 Å². The molecule has 4 rings (SSSR count). The summed E-state index contributed by atoms with van der Waals surface area (Å²) in [4.78, 5) is 17.1. The summed E-state index contributed by atoms with van der Waals surface area (Å²) >= 11 is 1.11. The van der Waals surface area contributed by atoms with Crippen LogP contribution >= 0.6 is 11.8 Å². The number of carbonyl (C=O) groups excluding carboxylic acids is 1. The van der Waals surface area contributed by atoms with Crippen molar-refractivity contribution < 1.29 is 27.1 Å². The predicted octanol–water partition coefficient (Wildman–Crippen LogP) is 5.67. The van der Waals surface area contributed by atoms with Crippen molar-refractivity contribution in [2.75, 3.05) is 30.0 Å². The van der Waals surface area contributed by atoms with E-state index >= 15 is 0 Å². The van der Waals surface area contributed by atoms with Crippen molar-refractivity contribution in [3.63, 3.8) is 0 Å². The van der Waals surface area contributed by atoms with Crippen LogP contribution in [0.2, 0.25) is 0 Å². The number of nitrogens with one attached hydrogen (secondary N) is 2. The molecule has 200 valence electrons. The van der Waals surface area contributed by atoms with Gasteiger partial charge in [0.1, 0.15) is 17.0 Å². The lowest BCUT2D eigenvalue weighted by molar-refractivity contribution is -0.113. The monoisotopic (exact) mass is 555 g/mol. The van der Waals surface area contributed by atoms with Crippen LogP contribution in [0.1, 0.15) is 26.3 Å². The van der Waals surface area contributed by atoms with Gasteiger partial charge >= 0.3 is 0 Å². The first-order valence-corrected chi connectivity index (χ1v) is 14.1. The second-order valence-electron chi connectivity index (χ2n) is 9.42. The van der Waals surface area contributed by atoms with E-state index < -0.39 is 10.0 Å². The summed E-state index contributed by atoms with van der Waals surface area (Å²) < 4.78 is 44.8. The average molecular weight is 556 g/mol. The number of para-hydroxylation sites is 2. The quantitative estimate of drug-likeness (QED) is 0.253. The molecule has 1 aromatic heterocycles. The van der Waals surface area contributed by atoms with Gasteiger partial charge in [-0.15, -0.1) is 0 Å². The third-order valence-electron chi connectivity index (χ3n) is 5.67. The molecule has 0 aliphatic heterocycles. The van der Waals surface area contributed by atoms with Gasteiger partial charge < -0.3 is 19.2 Å². The summed E-state index contributed by atoms with van der Waals surface area (Å²) in [5, 5.41) is 3.14. The minimum Gasteiger partial charge on any atom is -0.495 e. The second-order valence-corrected chi connectivity index (χ2v) is 12.0. The fraction of sp³-hybridized carbons (Fsp3) is 0.259. The highest BCUT2D eigenvalue weighted by Gasteiger charge is 2.20. The number of hydrogen-bond acceptors (Lipinski definition) is 8. The number of carbonyl (C=O) groups is 1. The predicted molar refractivity (Wildman–Crippen MR) is 149 cm³/mol. The minimum absolute atomic E-state index is 0.0179. The molecular weight excluding hydrogens is 526 g/mol. The van der Waals surface area contributed by atoms with E-state index in [4.69, 9.17) is 13.9 Å². The van der Waals surface area contributed by atoms with E-state index in [0.29, 0.717) is 34.0 Å². The number of ether oxygens (including phenoxy) is 2. The molecule has 0 atom stereocenters. The Morgan fingerprint density at radius 2 is 1.68 bits per heavy atom. The van der Waals surface area contributed by atoms with Gasteiger partial charge in [-0.25, -0.2) is 13.4 Å². The van der Waals surface area contributed by atoms with E-state index in [1.165, 1.54) is 25.3 Å². The average Bonchev–Trinajstić information content (AvgIpc) is 3.29. The summed E-state index contributed by atoms with van der Waals surface area (Å²) in [5.74, 6) is 0.744. The Balaban J connectivity index is 1.46. The number of rotatable bonds is 9. The molecule has 11 heteroatoms. The van der Waals surface area contributed by atoms with Crippen LogP contribution in [0.4, 0.5) is 11.4 Å². The largest absolute Gasteiger partial charge is 0.495 e. The number of oxazole rings is 1. The zero-order valence-electron chi connectivity index (χ0n) is 21.7. The maximum atomic E-state index is 13.0. The molecule has 0 aliphatic carbocycles. The van der Waals surface area contributed by atoms with Crippen LogP contribution in [0.5, 0.6) is 11.5 Å². The topological polar surface area (TPSA) is 120 Å². The summed E-state index contributed by atoms with van der Waals surface area (Å²) in [6.07, 6.45) is 0. The van der Waals surface area contributed by atoms with E-state index in [1.807, 2.05) is 18.2 Å². The van der Waals surface area contributed by atoms with Gasteiger partial charge in [0.05, 0.1) is 36.2 Å². The van der Waals surface area contributed by atoms with Gasteiger partial charge in [-0.1, -0.05) is 50.7 Å². The van der Waals surface area contributed by atoms with Gasteiger partial charge in [0, 0.05) is 0 Å². The number of benzene rings is 3. The fourth-order valence-electron chi connectivity index (χ4n) is 3.63. The first-order chi connectivity index (χ1) is 18.0. The zero-order chi connectivity index (χ0) is 27.5. The maximum absolute atomic E-state index is 13.0. The van der Waals surface area contributed by atoms with Crippen molar-refractivity contribution in [1.29, 1.82) is 0 Å². The van der Waals surface area contributed by atoms with E-state index in [9.17, 15) is 13.2 Å². The molecule has 2 N–H and O–H groups in total. The molecule has 1 heterocycles. The lowest BCUT2D eigenvalue weighted by Gasteiger charge is -2.21. The van der Waals surface area contributed by atoms with Crippen LogP contribution in [0.3, 0.4) is 0 Å². The van der Waals surface area contributed by atoms with Crippen molar-refractivity contribution in [3.8, 4) is 11.5 Å².